The molecule has 0 aromatic carbocycles. The summed E-state index contributed by atoms with van der Waals surface area (Å²) in [5.74, 6) is 0.382. The summed E-state index contributed by atoms with van der Waals surface area (Å²) < 4.78 is 0. The fourth-order valence-electron chi connectivity index (χ4n) is 1.15. The third-order valence-electron chi connectivity index (χ3n) is 1.73. The molecule has 4 nitrogen and oxygen atoms in total. The molecule has 0 atom stereocenters. The van der Waals surface area contributed by atoms with Crippen LogP contribution in [0.5, 0.6) is 0 Å². The molecule has 0 radical (unpaired) electrons. The number of aromatic nitrogens is 2. The predicted molar refractivity (Wildman–Crippen MR) is 47.0 cm³/mol. The van der Waals surface area contributed by atoms with Crippen LogP contribution in [-0.4, -0.2) is 16.0 Å². The van der Waals surface area contributed by atoms with Crippen molar-refractivity contribution in [2.75, 3.05) is 5.73 Å². The number of H-pyrrole nitrogens is 1. The molecule has 12 heavy (non-hydrogen) atoms. The first-order valence-corrected chi connectivity index (χ1v) is 4.00. The van der Waals surface area contributed by atoms with Gasteiger partial charge in [-0.1, -0.05) is 6.92 Å². The van der Waals surface area contributed by atoms with Crippen molar-refractivity contribution in [1.82, 2.24) is 10.2 Å². The van der Waals surface area contributed by atoms with E-state index in [0.717, 1.165) is 12.1 Å². The predicted octanol–water partition coefficient (Wildman–Crippen LogP) is 1.28. The minimum absolute atomic E-state index is 0.0706. The number of hydrogen-bond donors (Lipinski definition) is 2. The van der Waals surface area contributed by atoms with Crippen LogP contribution in [-0.2, 0) is 0 Å². The molecule has 0 aliphatic rings. The molecule has 0 saturated carbocycles. The quantitative estimate of drug-likeness (QED) is 0.666. The summed E-state index contributed by atoms with van der Waals surface area (Å²) in [5.41, 5.74) is 6.82. The molecule has 0 amide bonds. The second kappa shape index (κ2) is 3.38. The normalized spacial score (nSPS) is 10.2. The highest BCUT2D eigenvalue weighted by Gasteiger charge is 2.14. The molecule has 66 valence electrons. The molecular weight excluding hydrogens is 154 g/mol. The molecule has 1 heterocycles. The lowest BCUT2D eigenvalue weighted by Gasteiger charge is -1.96. The van der Waals surface area contributed by atoms with Gasteiger partial charge in [-0.2, -0.15) is 5.10 Å². The minimum atomic E-state index is 0.0706. The van der Waals surface area contributed by atoms with Crippen LogP contribution in [0.15, 0.2) is 0 Å². The number of nitrogens with two attached hydrogens (primary N) is 1. The zero-order valence-corrected chi connectivity index (χ0v) is 7.35. The number of hydrogen-bond acceptors (Lipinski definition) is 3. The van der Waals surface area contributed by atoms with Gasteiger partial charge in [-0.25, -0.2) is 0 Å². The van der Waals surface area contributed by atoms with Crippen LogP contribution in [0, 0.1) is 6.92 Å². The zero-order chi connectivity index (χ0) is 9.14. The maximum Gasteiger partial charge on any atom is 0.168 e. The molecule has 1 aromatic heterocycles. The van der Waals surface area contributed by atoms with Gasteiger partial charge in [-0.3, -0.25) is 9.89 Å². The first kappa shape index (κ1) is 8.77. The summed E-state index contributed by atoms with van der Waals surface area (Å²) in [6.07, 6.45) is 1.37. The van der Waals surface area contributed by atoms with E-state index in [9.17, 15) is 4.79 Å². The molecule has 4 heteroatoms. The fraction of sp³-hybridized carbons (Fsp3) is 0.500. The van der Waals surface area contributed by atoms with Gasteiger partial charge < -0.3 is 5.73 Å². The molecule has 0 aliphatic carbocycles. The number of nitrogens with one attached hydrogen (secondary N) is 1. The number of nitrogens with zero attached hydrogens (tertiary/aromatic N) is 1. The van der Waals surface area contributed by atoms with E-state index in [-0.39, 0.29) is 5.78 Å². The Morgan fingerprint density at radius 3 is 2.75 bits per heavy atom. The van der Waals surface area contributed by atoms with Gasteiger partial charge >= 0.3 is 0 Å². The summed E-state index contributed by atoms with van der Waals surface area (Å²) >= 11 is 0. The molecule has 1 rings (SSSR count). The fourth-order valence-corrected chi connectivity index (χ4v) is 1.15. The van der Waals surface area contributed by atoms with E-state index in [1.54, 1.807) is 6.92 Å². The molecule has 1 aromatic rings. The Morgan fingerprint density at radius 2 is 2.33 bits per heavy atom. The van der Waals surface area contributed by atoms with E-state index < -0.39 is 0 Å². The Kier molecular flexibility index (Phi) is 2.47. The van der Waals surface area contributed by atoms with Gasteiger partial charge in [0.15, 0.2) is 11.6 Å². The van der Waals surface area contributed by atoms with E-state index >= 15 is 0 Å². The lowest BCUT2D eigenvalue weighted by Crippen LogP contribution is -2.02. The van der Waals surface area contributed by atoms with Crippen molar-refractivity contribution in [3.8, 4) is 0 Å². The van der Waals surface area contributed by atoms with Crippen LogP contribution in [0.2, 0.25) is 0 Å². The summed E-state index contributed by atoms with van der Waals surface area (Å²) in [6, 6.07) is 0. The van der Waals surface area contributed by atoms with Gasteiger partial charge in [-0.05, 0) is 13.3 Å². The minimum Gasteiger partial charge on any atom is -0.382 e. The van der Waals surface area contributed by atoms with E-state index in [1.807, 2.05) is 6.92 Å². The smallest absolute Gasteiger partial charge is 0.168 e. The molecule has 0 bridgehead atoms. The van der Waals surface area contributed by atoms with E-state index in [2.05, 4.69) is 10.2 Å². The van der Waals surface area contributed by atoms with Gasteiger partial charge in [0.1, 0.15) is 0 Å². The van der Waals surface area contributed by atoms with Crippen molar-refractivity contribution in [2.24, 2.45) is 0 Å². The van der Waals surface area contributed by atoms with Crippen LogP contribution in [0.25, 0.3) is 0 Å². The van der Waals surface area contributed by atoms with Crippen LogP contribution >= 0.6 is 0 Å². The second-order valence-corrected chi connectivity index (χ2v) is 2.78. The highest BCUT2D eigenvalue weighted by molar-refractivity contribution is 6.00. The SMILES string of the molecule is CCCC(=O)c1c(N)n[nH]c1C. The number of rotatable bonds is 3. The first-order valence-electron chi connectivity index (χ1n) is 4.00. The molecule has 0 fully saturated rings. The number of aryl methyl sites for hydroxylation is 1. The Balaban J connectivity index is 2.93. The van der Waals surface area contributed by atoms with E-state index in [4.69, 9.17) is 5.73 Å². The number of ketones is 1. The standard InChI is InChI=1S/C8H13N3O/c1-3-4-6(12)7-5(2)10-11-8(7)9/h3-4H2,1-2H3,(H3,9,10,11). The number of aromatic amines is 1. The third-order valence-corrected chi connectivity index (χ3v) is 1.73. The van der Waals surface area contributed by atoms with Crippen molar-refractivity contribution in [3.05, 3.63) is 11.3 Å². The highest BCUT2D eigenvalue weighted by atomic mass is 16.1. The molecular formula is C8H13N3O. The Hall–Kier alpha value is -1.32. The van der Waals surface area contributed by atoms with Crippen LogP contribution in [0.1, 0.15) is 35.8 Å². The maximum absolute atomic E-state index is 11.4. The van der Waals surface area contributed by atoms with E-state index in [1.165, 1.54) is 0 Å². The first-order chi connectivity index (χ1) is 5.66. The van der Waals surface area contributed by atoms with Gasteiger partial charge in [-0.15, -0.1) is 0 Å². The highest BCUT2D eigenvalue weighted by Crippen LogP contribution is 2.15. The molecule has 3 N–H and O–H groups in total. The molecule has 0 aliphatic heterocycles. The Morgan fingerprint density at radius 1 is 1.67 bits per heavy atom. The maximum atomic E-state index is 11.4. The van der Waals surface area contributed by atoms with Crippen LogP contribution < -0.4 is 5.73 Å². The Bertz CT molecular complexity index is 271. The Labute approximate surface area is 71.2 Å². The molecule has 0 unspecified atom stereocenters. The van der Waals surface area contributed by atoms with Gasteiger partial charge in [0.05, 0.1) is 5.56 Å². The largest absolute Gasteiger partial charge is 0.382 e. The van der Waals surface area contributed by atoms with Gasteiger partial charge in [0.25, 0.3) is 0 Å². The summed E-state index contributed by atoms with van der Waals surface area (Å²) in [5, 5.41) is 6.43. The van der Waals surface area contributed by atoms with Crippen molar-refractivity contribution in [3.63, 3.8) is 0 Å². The average molecular weight is 167 g/mol. The van der Waals surface area contributed by atoms with Gasteiger partial charge in [0.2, 0.25) is 0 Å². The summed E-state index contributed by atoms with van der Waals surface area (Å²) in [6.45, 7) is 3.76. The zero-order valence-electron chi connectivity index (χ0n) is 7.35. The van der Waals surface area contributed by atoms with Crippen LogP contribution in [0.4, 0.5) is 5.82 Å². The molecule has 0 saturated heterocycles. The van der Waals surface area contributed by atoms with Crippen LogP contribution in [0.3, 0.4) is 0 Å². The van der Waals surface area contributed by atoms with Crippen molar-refractivity contribution >= 4 is 11.6 Å². The van der Waals surface area contributed by atoms with Crippen molar-refractivity contribution in [2.45, 2.75) is 26.7 Å². The monoisotopic (exact) mass is 167 g/mol. The number of carbonyl (C=O) groups excluding carboxylic acids is 1. The third kappa shape index (κ3) is 1.47. The number of anilines is 1. The lowest BCUT2D eigenvalue weighted by atomic mass is 10.1. The lowest BCUT2D eigenvalue weighted by molar-refractivity contribution is 0.0982. The number of Topliss-reactive ketones (excluding diaryl/α,β-unsaturated/α-hetero) is 1. The van der Waals surface area contributed by atoms with Crippen molar-refractivity contribution in [1.29, 1.82) is 0 Å². The second-order valence-electron chi connectivity index (χ2n) is 2.78. The summed E-state index contributed by atoms with van der Waals surface area (Å²) in [4.78, 5) is 11.4. The van der Waals surface area contributed by atoms with Gasteiger partial charge in [0, 0.05) is 12.1 Å². The summed E-state index contributed by atoms with van der Waals surface area (Å²) in [7, 11) is 0. The topological polar surface area (TPSA) is 71.8 Å². The average Bonchev–Trinajstić information content (AvgIpc) is 2.32. The number of nitrogen functional groups attached to an aromatic ring is 1. The number of carbonyl (C=O) groups is 1. The molecule has 0 spiro atoms. The van der Waals surface area contributed by atoms with E-state index in [0.29, 0.717) is 17.8 Å². The van der Waals surface area contributed by atoms with Crippen molar-refractivity contribution < 1.29 is 4.79 Å².